The first-order valence-corrected chi connectivity index (χ1v) is 9.24. The van der Waals surface area contributed by atoms with Gasteiger partial charge in [-0.15, -0.1) is 5.10 Å². The molecule has 2 heterocycles. The summed E-state index contributed by atoms with van der Waals surface area (Å²) in [6, 6.07) is 0. The number of halogens is 3. The predicted molar refractivity (Wildman–Crippen MR) is 95.3 cm³/mol. The predicted octanol–water partition coefficient (Wildman–Crippen LogP) is 3.64. The molecule has 0 aliphatic rings. The molecular weight excluding hydrogens is 359 g/mol. The lowest BCUT2D eigenvalue weighted by atomic mass is 9.99. The van der Waals surface area contributed by atoms with E-state index in [2.05, 4.69) is 34.2 Å². The molecule has 0 fully saturated rings. The molecule has 0 saturated carbocycles. The van der Waals surface area contributed by atoms with E-state index >= 15 is 0 Å². The Morgan fingerprint density at radius 1 is 1.22 bits per heavy atom. The molecule has 1 amide bonds. The first-order chi connectivity index (χ1) is 12.7. The number of rotatable bonds is 8. The monoisotopic (exact) mass is 385 g/mol. The van der Waals surface area contributed by atoms with Crippen molar-refractivity contribution in [1.29, 1.82) is 0 Å². The van der Waals surface area contributed by atoms with Crippen LogP contribution in [0.4, 0.5) is 13.2 Å². The Hall–Kier alpha value is -2.19. The summed E-state index contributed by atoms with van der Waals surface area (Å²) in [6.45, 7) is 8.11. The van der Waals surface area contributed by atoms with Crippen molar-refractivity contribution < 1.29 is 18.0 Å². The molecule has 0 aliphatic carbocycles. The van der Waals surface area contributed by atoms with Crippen LogP contribution in [-0.4, -0.2) is 32.0 Å². The van der Waals surface area contributed by atoms with Gasteiger partial charge in [-0.3, -0.25) is 4.79 Å². The molecule has 0 aromatic carbocycles. The third-order valence-corrected chi connectivity index (χ3v) is 4.77. The Morgan fingerprint density at radius 2 is 1.93 bits per heavy atom. The summed E-state index contributed by atoms with van der Waals surface area (Å²) in [5.41, 5.74) is 1.49. The van der Waals surface area contributed by atoms with Crippen LogP contribution in [0.2, 0.25) is 0 Å². The summed E-state index contributed by atoms with van der Waals surface area (Å²) in [6.07, 6.45) is -0.290. The van der Waals surface area contributed by atoms with Gasteiger partial charge in [-0.2, -0.15) is 18.2 Å². The summed E-state index contributed by atoms with van der Waals surface area (Å²) in [4.78, 5) is 19.9. The number of aryl methyl sites for hydroxylation is 2. The van der Waals surface area contributed by atoms with E-state index < -0.39 is 12.0 Å². The van der Waals surface area contributed by atoms with Crippen molar-refractivity contribution in [3.63, 3.8) is 0 Å². The number of alkyl halides is 3. The van der Waals surface area contributed by atoms with Gasteiger partial charge in [0.15, 0.2) is 0 Å². The summed E-state index contributed by atoms with van der Waals surface area (Å²) in [7, 11) is 0. The largest absolute Gasteiger partial charge is 0.453 e. The normalized spacial score (nSPS) is 13.1. The van der Waals surface area contributed by atoms with E-state index in [4.69, 9.17) is 0 Å². The van der Waals surface area contributed by atoms with E-state index in [-0.39, 0.29) is 18.1 Å². The molecule has 0 aliphatic heterocycles. The Bertz CT molecular complexity index is 800. The number of carbonyl (C=O) groups is 1. The zero-order valence-corrected chi connectivity index (χ0v) is 16.2. The molecular formula is C18H26F3N5O. The highest BCUT2D eigenvalue weighted by Crippen LogP contribution is 2.27. The van der Waals surface area contributed by atoms with Crippen molar-refractivity contribution in [2.24, 2.45) is 5.92 Å². The summed E-state index contributed by atoms with van der Waals surface area (Å²) in [5.74, 6) is -1.09. The average Bonchev–Trinajstić information content (AvgIpc) is 3.03. The first-order valence-electron chi connectivity index (χ1n) is 9.24. The van der Waals surface area contributed by atoms with Gasteiger partial charge < -0.3 is 5.32 Å². The summed E-state index contributed by atoms with van der Waals surface area (Å²) in [5, 5.41) is 6.43. The van der Waals surface area contributed by atoms with Gasteiger partial charge >= 0.3 is 6.18 Å². The van der Waals surface area contributed by atoms with Gasteiger partial charge in [0, 0.05) is 23.5 Å². The van der Waals surface area contributed by atoms with E-state index in [0.717, 1.165) is 30.2 Å². The fourth-order valence-electron chi connectivity index (χ4n) is 3.01. The fraction of sp³-hybridized carbons (Fsp3) is 0.667. The smallest absolute Gasteiger partial charge is 0.356 e. The van der Waals surface area contributed by atoms with Gasteiger partial charge in [-0.1, -0.05) is 33.1 Å². The quantitative estimate of drug-likeness (QED) is 0.753. The van der Waals surface area contributed by atoms with Crippen molar-refractivity contribution in [3.05, 3.63) is 22.8 Å². The SMILES string of the molecule is CCCC[C@H](CC)CNC(=O)Cc1c(C)nc2nc(C(F)(F)F)nn2c1C. The molecule has 9 heteroatoms. The Labute approximate surface area is 156 Å². The third kappa shape index (κ3) is 5.17. The molecule has 6 nitrogen and oxygen atoms in total. The van der Waals surface area contributed by atoms with Crippen molar-refractivity contribution in [2.75, 3.05) is 6.54 Å². The minimum absolute atomic E-state index is 0.0476. The molecule has 1 N–H and O–H groups in total. The first kappa shape index (κ1) is 21.1. The van der Waals surface area contributed by atoms with Crippen molar-refractivity contribution in [2.45, 2.75) is 66.0 Å². The van der Waals surface area contributed by atoms with Gasteiger partial charge in [-0.05, 0) is 26.2 Å². The highest BCUT2D eigenvalue weighted by molar-refractivity contribution is 5.79. The zero-order chi connectivity index (χ0) is 20.2. The molecule has 2 aromatic heterocycles. The van der Waals surface area contributed by atoms with Crippen molar-refractivity contribution >= 4 is 11.7 Å². The van der Waals surface area contributed by atoms with Crippen LogP contribution in [0, 0.1) is 19.8 Å². The molecule has 150 valence electrons. The third-order valence-electron chi connectivity index (χ3n) is 4.77. The van der Waals surface area contributed by atoms with Gasteiger partial charge in [0.05, 0.1) is 6.42 Å². The number of aromatic nitrogens is 4. The molecule has 1 atom stereocenters. The number of unbranched alkanes of at least 4 members (excludes halogenated alkanes) is 1. The number of carbonyl (C=O) groups excluding carboxylic acids is 1. The lowest BCUT2D eigenvalue weighted by Crippen LogP contribution is -2.31. The number of hydrogen-bond acceptors (Lipinski definition) is 4. The molecule has 2 rings (SSSR count). The minimum atomic E-state index is -4.64. The van der Waals surface area contributed by atoms with Crippen LogP contribution in [0.3, 0.4) is 0 Å². The van der Waals surface area contributed by atoms with E-state index in [0.29, 0.717) is 29.4 Å². The van der Waals surface area contributed by atoms with Gasteiger partial charge in [0.1, 0.15) is 0 Å². The number of amides is 1. The van der Waals surface area contributed by atoms with Crippen LogP contribution in [0.5, 0.6) is 0 Å². The number of hydrogen-bond donors (Lipinski definition) is 1. The summed E-state index contributed by atoms with van der Waals surface area (Å²) < 4.78 is 39.6. The second kappa shape index (κ2) is 8.67. The van der Waals surface area contributed by atoms with Crippen LogP contribution in [0.1, 0.15) is 62.3 Å². The van der Waals surface area contributed by atoms with Gasteiger partial charge in [-0.25, -0.2) is 9.50 Å². The van der Waals surface area contributed by atoms with Gasteiger partial charge in [0.2, 0.25) is 5.91 Å². The van der Waals surface area contributed by atoms with Crippen LogP contribution >= 0.6 is 0 Å². The average molecular weight is 385 g/mol. The van der Waals surface area contributed by atoms with Crippen LogP contribution in [0.25, 0.3) is 5.78 Å². The van der Waals surface area contributed by atoms with E-state index in [1.165, 1.54) is 0 Å². The zero-order valence-electron chi connectivity index (χ0n) is 16.2. The Kier molecular flexibility index (Phi) is 6.78. The number of nitrogens with zero attached hydrogens (tertiary/aromatic N) is 4. The van der Waals surface area contributed by atoms with E-state index in [1.807, 2.05) is 0 Å². The highest BCUT2D eigenvalue weighted by Gasteiger charge is 2.37. The number of fused-ring (bicyclic) bond motifs is 1. The topological polar surface area (TPSA) is 72.2 Å². The lowest BCUT2D eigenvalue weighted by Gasteiger charge is -2.16. The van der Waals surface area contributed by atoms with E-state index in [1.54, 1.807) is 13.8 Å². The molecule has 2 aromatic rings. The maximum atomic E-state index is 12.8. The molecule has 0 unspecified atom stereocenters. The van der Waals surface area contributed by atoms with Crippen LogP contribution < -0.4 is 5.32 Å². The van der Waals surface area contributed by atoms with Crippen molar-refractivity contribution in [3.8, 4) is 0 Å². The maximum Gasteiger partial charge on any atom is 0.453 e. The van der Waals surface area contributed by atoms with Crippen LogP contribution in [0.15, 0.2) is 0 Å². The second-order valence-electron chi connectivity index (χ2n) is 6.80. The lowest BCUT2D eigenvalue weighted by molar-refractivity contribution is -0.144. The molecule has 0 radical (unpaired) electrons. The number of nitrogens with one attached hydrogen (secondary N) is 1. The Balaban J connectivity index is 2.14. The molecule has 0 spiro atoms. The molecule has 0 saturated heterocycles. The minimum Gasteiger partial charge on any atom is -0.356 e. The standard InChI is InChI=1S/C18H26F3N5O/c1-5-7-8-13(6-2)10-22-15(27)9-14-11(3)23-17-24-16(18(19,20)21)25-26(17)12(14)4/h13H,5-10H2,1-4H3,(H,22,27)/t13-/m0/s1. The van der Waals surface area contributed by atoms with Crippen molar-refractivity contribution in [1.82, 2.24) is 24.9 Å². The van der Waals surface area contributed by atoms with E-state index in [9.17, 15) is 18.0 Å². The maximum absolute atomic E-state index is 12.8. The second-order valence-corrected chi connectivity index (χ2v) is 6.80. The highest BCUT2D eigenvalue weighted by atomic mass is 19.4. The molecule has 27 heavy (non-hydrogen) atoms. The molecule has 0 bridgehead atoms. The Morgan fingerprint density at radius 3 is 2.52 bits per heavy atom. The fourth-order valence-corrected chi connectivity index (χ4v) is 3.01. The summed E-state index contributed by atoms with van der Waals surface area (Å²) >= 11 is 0. The van der Waals surface area contributed by atoms with Gasteiger partial charge in [0.25, 0.3) is 11.6 Å². The van der Waals surface area contributed by atoms with Crippen LogP contribution in [-0.2, 0) is 17.4 Å².